The van der Waals surface area contributed by atoms with E-state index >= 15 is 0 Å². The number of ether oxygens (including phenoxy) is 1. The zero-order chi connectivity index (χ0) is 22.0. The highest BCUT2D eigenvalue weighted by Gasteiger charge is 2.75. The second-order valence-electron chi connectivity index (χ2n) is 5.19. The topological polar surface area (TPSA) is 38.3 Å². The summed E-state index contributed by atoms with van der Waals surface area (Å²) in [6.07, 6.45) is -14.4. The van der Waals surface area contributed by atoms with Crippen LogP contribution in [-0.4, -0.2) is 43.1 Å². The number of carbonyl (C=O) groups is 1. The number of nitrogens with one attached hydrogen (secondary N) is 1. The fraction of sp³-hybridized carbons (Fsp3) is 0.500. The van der Waals surface area contributed by atoms with Crippen LogP contribution in [0.15, 0.2) is 29.2 Å². The highest BCUT2D eigenvalue weighted by Crippen LogP contribution is 2.54. The van der Waals surface area contributed by atoms with E-state index in [1.807, 2.05) is 5.32 Å². The van der Waals surface area contributed by atoms with Gasteiger partial charge in [0.25, 0.3) is 0 Å². The number of hydrogen-bond donors (Lipinski definition) is 1. The van der Waals surface area contributed by atoms with Gasteiger partial charge >= 0.3 is 30.3 Å². The van der Waals surface area contributed by atoms with Gasteiger partial charge in [0, 0.05) is 12.8 Å². The molecule has 1 aromatic carbocycles. The second-order valence-corrected chi connectivity index (χ2v) is 6.25. The van der Waals surface area contributed by atoms with Crippen molar-refractivity contribution < 1.29 is 53.4 Å². The Balaban J connectivity index is 3.26. The van der Waals surface area contributed by atoms with Crippen molar-refractivity contribution in [1.82, 2.24) is 5.32 Å². The van der Waals surface area contributed by atoms with E-state index in [9.17, 15) is 48.7 Å². The Morgan fingerprint density at radius 3 is 1.86 bits per heavy atom. The summed E-state index contributed by atoms with van der Waals surface area (Å²) in [6, 6.07) is 4.44. The fourth-order valence-corrected chi connectivity index (χ4v) is 3.00. The first kappa shape index (κ1) is 24.2. The van der Waals surface area contributed by atoms with Crippen LogP contribution in [0.4, 0.5) is 48.7 Å². The van der Waals surface area contributed by atoms with Crippen molar-refractivity contribution in [2.45, 2.75) is 29.1 Å². The number of carbonyl (C=O) groups excluding carboxylic acids is 1. The van der Waals surface area contributed by atoms with Crippen molar-refractivity contribution in [2.75, 3.05) is 12.8 Å². The standard InChI is InChI=1S/C14H11F10NO2S/c1-25-10(26)27-7-4-2-3-5-8(7)28-6-9(11(15,16)13(19,20)21)12(17,18)14(22,23)24/h2-5,9H,6H2,1H3,(H,25,26). The molecule has 1 N–H and O–H groups in total. The summed E-state index contributed by atoms with van der Waals surface area (Å²) in [5.74, 6) is -19.6. The van der Waals surface area contributed by atoms with Crippen LogP contribution in [0.1, 0.15) is 0 Å². The van der Waals surface area contributed by atoms with Gasteiger partial charge in [-0.15, -0.1) is 11.8 Å². The minimum atomic E-state index is -6.65. The van der Waals surface area contributed by atoms with E-state index in [0.717, 1.165) is 19.2 Å². The summed E-state index contributed by atoms with van der Waals surface area (Å²) < 4.78 is 133. The van der Waals surface area contributed by atoms with Crippen LogP contribution in [0.25, 0.3) is 0 Å². The van der Waals surface area contributed by atoms with E-state index < -0.39 is 52.6 Å². The first-order valence-corrected chi connectivity index (χ1v) is 8.04. The van der Waals surface area contributed by atoms with Gasteiger partial charge in [-0.2, -0.15) is 43.9 Å². The van der Waals surface area contributed by atoms with Crippen LogP contribution >= 0.6 is 11.8 Å². The van der Waals surface area contributed by atoms with Gasteiger partial charge in [-0.1, -0.05) is 12.1 Å². The molecule has 0 aromatic heterocycles. The molecular weight excluding hydrogens is 436 g/mol. The number of hydrogen-bond acceptors (Lipinski definition) is 3. The Morgan fingerprint density at radius 2 is 1.43 bits per heavy atom. The van der Waals surface area contributed by atoms with E-state index in [2.05, 4.69) is 4.74 Å². The number of alkyl halides is 10. The smallest absolute Gasteiger partial charge is 0.409 e. The van der Waals surface area contributed by atoms with E-state index in [1.54, 1.807) is 0 Å². The molecule has 0 atom stereocenters. The lowest BCUT2D eigenvalue weighted by atomic mass is 9.94. The van der Waals surface area contributed by atoms with Crippen LogP contribution in [0.3, 0.4) is 0 Å². The maximum atomic E-state index is 13.5. The lowest BCUT2D eigenvalue weighted by molar-refractivity contribution is -0.368. The molecule has 0 radical (unpaired) electrons. The number of benzene rings is 1. The molecule has 0 aliphatic carbocycles. The summed E-state index contributed by atoms with van der Waals surface area (Å²) >= 11 is -0.171. The molecule has 0 saturated heterocycles. The average Bonchev–Trinajstić information content (AvgIpc) is 2.53. The first-order valence-electron chi connectivity index (χ1n) is 7.06. The summed E-state index contributed by atoms with van der Waals surface area (Å²) in [4.78, 5) is 10.8. The van der Waals surface area contributed by atoms with E-state index in [1.165, 1.54) is 12.1 Å². The van der Waals surface area contributed by atoms with Crippen LogP contribution < -0.4 is 10.1 Å². The molecular formula is C14H11F10NO2S. The minimum Gasteiger partial charge on any atom is -0.409 e. The van der Waals surface area contributed by atoms with E-state index in [4.69, 9.17) is 0 Å². The van der Waals surface area contributed by atoms with Gasteiger partial charge in [0.2, 0.25) is 0 Å². The van der Waals surface area contributed by atoms with Crippen LogP contribution in [-0.2, 0) is 0 Å². The lowest BCUT2D eigenvalue weighted by Gasteiger charge is -2.34. The molecule has 0 saturated carbocycles. The van der Waals surface area contributed by atoms with Gasteiger partial charge in [0.1, 0.15) is 11.7 Å². The maximum Gasteiger partial charge on any atom is 0.453 e. The third-order valence-corrected chi connectivity index (χ3v) is 4.44. The second kappa shape index (κ2) is 8.25. The third-order valence-electron chi connectivity index (χ3n) is 3.29. The molecule has 0 bridgehead atoms. The van der Waals surface area contributed by atoms with Crippen molar-refractivity contribution in [3.63, 3.8) is 0 Å². The molecule has 0 heterocycles. The zero-order valence-electron chi connectivity index (χ0n) is 13.6. The molecule has 0 spiro atoms. The first-order chi connectivity index (χ1) is 12.6. The largest absolute Gasteiger partial charge is 0.453 e. The molecule has 3 nitrogen and oxygen atoms in total. The van der Waals surface area contributed by atoms with Gasteiger partial charge in [0.15, 0.2) is 0 Å². The molecule has 160 valence electrons. The molecule has 28 heavy (non-hydrogen) atoms. The van der Waals surface area contributed by atoms with Crippen molar-refractivity contribution in [1.29, 1.82) is 0 Å². The van der Waals surface area contributed by atoms with Crippen LogP contribution in [0, 0.1) is 5.92 Å². The highest BCUT2D eigenvalue weighted by atomic mass is 32.2. The molecule has 0 aliphatic heterocycles. The van der Waals surface area contributed by atoms with Crippen LogP contribution in [0.5, 0.6) is 5.75 Å². The molecule has 0 fully saturated rings. The number of amides is 1. The quantitative estimate of drug-likeness (QED) is 0.462. The van der Waals surface area contributed by atoms with Crippen molar-refractivity contribution in [2.24, 2.45) is 5.92 Å². The van der Waals surface area contributed by atoms with E-state index in [-0.39, 0.29) is 11.8 Å². The summed E-state index contributed by atoms with van der Waals surface area (Å²) in [5.41, 5.74) is 0. The minimum absolute atomic E-state index is 0.171. The Kier molecular flexibility index (Phi) is 7.12. The number of para-hydroxylation sites is 1. The predicted molar refractivity (Wildman–Crippen MR) is 77.7 cm³/mol. The van der Waals surface area contributed by atoms with Gasteiger partial charge in [-0.05, 0) is 12.1 Å². The Morgan fingerprint density at radius 1 is 0.964 bits per heavy atom. The van der Waals surface area contributed by atoms with Gasteiger partial charge < -0.3 is 10.1 Å². The van der Waals surface area contributed by atoms with E-state index in [0.29, 0.717) is 0 Å². The van der Waals surface area contributed by atoms with Crippen molar-refractivity contribution in [3.05, 3.63) is 24.3 Å². The molecule has 14 heteroatoms. The molecule has 0 unspecified atom stereocenters. The molecule has 1 aromatic rings. The predicted octanol–water partition coefficient (Wildman–Crippen LogP) is 5.51. The lowest BCUT2D eigenvalue weighted by Crippen LogP contribution is -2.57. The molecule has 1 amide bonds. The Labute approximate surface area is 155 Å². The summed E-state index contributed by atoms with van der Waals surface area (Å²) in [5, 5.41) is 1.99. The number of rotatable bonds is 6. The average molecular weight is 447 g/mol. The SMILES string of the molecule is CNC(=O)Oc1ccccc1SCC(C(F)(F)C(F)(F)F)C(F)(F)C(F)(F)F. The van der Waals surface area contributed by atoms with Gasteiger partial charge in [0.05, 0.1) is 4.90 Å². The Hall–Kier alpha value is -1.86. The molecule has 1 rings (SSSR count). The summed E-state index contributed by atoms with van der Waals surface area (Å²) in [7, 11) is 1.13. The van der Waals surface area contributed by atoms with Crippen molar-refractivity contribution >= 4 is 17.9 Å². The fourth-order valence-electron chi connectivity index (χ4n) is 1.81. The van der Waals surface area contributed by atoms with Crippen LogP contribution in [0.2, 0.25) is 0 Å². The normalized spacial score (nSPS) is 13.6. The number of halogens is 10. The summed E-state index contributed by atoms with van der Waals surface area (Å²) in [6.45, 7) is 0. The maximum absolute atomic E-state index is 13.5. The zero-order valence-corrected chi connectivity index (χ0v) is 14.4. The third kappa shape index (κ3) is 5.14. The van der Waals surface area contributed by atoms with Gasteiger partial charge in [-0.3, -0.25) is 0 Å². The number of thioether (sulfide) groups is 1. The monoisotopic (exact) mass is 447 g/mol. The highest BCUT2D eigenvalue weighted by molar-refractivity contribution is 7.99. The molecule has 0 aliphatic rings. The Bertz CT molecular complexity index is 663. The van der Waals surface area contributed by atoms with Crippen molar-refractivity contribution in [3.8, 4) is 5.75 Å². The van der Waals surface area contributed by atoms with Gasteiger partial charge in [-0.25, -0.2) is 4.79 Å².